The van der Waals surface area contributed by atoms with Crippen molar-refractivity contribution >= 4 is 33.9 Å². The van der Waals surface area contributed by atoms with Gasteiger partial charge in [-0.15, -0.1) is 0 Å². The Morgan fingerprint density at radius 3 is 2.42 bits per heavy atom. The highest BCUT2D eigenvalue weighted by Crippen LogP contribution is 2.37. The van der Waals surface area contributed by atoms with Crippen LogP contribution in [0, 0.1) is 12.3 Å². The second-order valence-electron chi connectivity index (χ2n) is 10.5. The lowest BCUT2D eigenvalue weighted by molar-refractivity contribution is -0.119. The van der Waals surface area contributed by atoms with Crippen molar-refractivity contribution in [2.75, 3.05) is 13.2 Å². The molecule has 1 unspecified atom stereocenters. The fraction of sp³-hybridized carbons (Fsp3) is 0.448. The number of furan rings is 1. The van der Waals surface area contributed by atoms with Crippen LogP contribution in [0.15, 0.2) is 41.0 Å². The van der Waals surface area contributed by atoms with Crippen LogP contribution in [0.2, 0.25) is 0 Å². The molecule has 1 N–H and O–H groups in total. The fourth-order valence-corrected chi connectivity index (χ4v) is 5.34. The summed E-state index contributed by atoms with van der Waals surface area (Å²) in [6.07, 6.45) is 5.51. The maximum atomic E-state index is 11.9. The van der Waals surface area contributed by atoms with Gasteiger partial charge in [0.05, 0.1) is 19.5 Å². The van der Waals surface area contributed by atoms with Gasteiger partial charge in [0.1, 0.15) is 22.3 Å². The third kappa shape index (κ3) is 6.06. The molecule has 1 saturated heterocycles. The molecule has 0 aliphatic carbocycles. The van der Waals surface area contributed by atoms with E-state index in [9.17, 15) is 9.59 Å². The summed E-state index contributed by atoms with van der Waals surface area (Å²) in [5.41, 5.74) is 5.25. The molecular weight excluding hydrogens is 474 g/mol. The maximum Gasteiger partial charge on any atom is 0.286 e. The maximum absolute atomic E-state index is 11.9. The second-order valence-corrected chi connectivity index (χ2v) is 11.6. The molecule has 3 aromatic rings. The summed E-state index contributed by atoms with van der Waals surface area (Å²) in [4.78, 5) is 23.4. The van der Waals surface area contributed by atoms with Crippen molar-refractivity contribution in [3.05, 3.63) is 58.8 Å². The normalized spacial score (nSPS) is 16.0. The van der Waals surface area contributed by atoms with Gasteiger partial charge < -0.3 is 13.9 Å². The van der Waals surface area contributed by atoms with Gasteiger partial charge in [-0.3, -0.25) is 14.9 Å². The number of fused-ring (bicyclic) bond motifs is 1. The molecule has 6 nitrogen and oxygen atoms in total. The Hall–Kier alpha value is -2.93. The van der Waals surface area contributed by atoms with E-state index in [2.05, 4.69) is 45.1 Å². The number of hydrogen-bond donors (Lipinski definition) is 1. The van der Waals surface area contributed by atoms with Crippen molar-refractivity contribution in [1.29, 1.82) is 0 Å². The molecule has 2 amide bonds. The van der Waals surface area contributed by atoms with E-state index in [0.29, 0.717) is 13.2 Å². The monoisotopic (exact) mass is 509 g/mol. The Morgan fingerprint density at radius 2 is 1.78 bits per heavy atom. The first-order valence-electron chi connectivity index (χ1n) is 12.6. The first-order chi connectivity index (χ1) is 17.2. The molecule has 1 fully saturated rings. The Bertz CT molecular complexity index is 1260. The van der Waals surface area contributed by atoms with E-state index < -0.39 is 5.25 Å². The molecule has 7 heteroatoms. The van der Waals surface area contributed by atoms with Crippen LogP contribution in [-0.4, -0.2) is 24.4 Å². The van der Waals surface area contributed by atoms with Crippen molar-refractivity contribution < 1.29 is 23.5 Å². The van der Waals surface area contributed by atoms with Gasteiger partial charge in [0.2, 0.25) is 5.91 Å². The first-order valence-corrected chi connectivity index (χ1v) is 13.4. The highest BCUT2D eigenvalue weighted by atomic mass is 32.2. The number of amides is 2. The summed E-state index contributed by atoms with van der Waals surface area (Å²) in [5, 5.41) is 2.71. The molecule has 0 radical (unpaired) electrons. The van der Waals surface area contributed by atoms with Gasteiger partial charge in [-0.05, 0) is 71.8 Å². The molecule has 1 aliphatic rings. The van der Waals surface area contributed by atoms with Gasteiger partial charge in [-0.25, -0.2) is 0 Å². The molecule has 2 heterocycles. The van der Waals surface area contributed by atoms with E-state index >= 15 is 0 Å². The van der Waals surface area contributed by atoms with E-state index in [0.717, 1.165) is 71.2 Å². The number of carbonyl (C=O) groups excluding carboxylic acids is 2. The van der Waals surface area contributed by atoms with Crippen molar-refractivity contribution in [2.24, 2.45) is 5.41 Å². The lowest BCUT2D eigenvalue weighted by atomic mass is 9.88. The molecule has 192 valence electrons. The lowest BCUT2D eigenvalue weighted by Crippen LogP contribution is -2.20. The highest BCUT2D eigenvalue weighted by Gasteiger charge is 2.33. The number of rotatable bonds is 10. The van der Waals surface area contributed by atoms with Crippen LogP contribution in [-0.2, 0) is 17.6 Å². The van der Waals surface area contributed by atoms with Crippen LogP contribution in [0.1, 0.15) is 68.0 Å². The van der Waals surface area contributed by atoms with E-state index in [1.54, 1.807) is 0 Å². The van der Waals surface area contributed by atoms with Gasteiger partial charge in [0, 0.05) is 17.4 Å². The minimum absolute atomic E-state index is 0.193. The minimum Gasteiger partial charge on any atom is -0.493 e. The van der Waals surface area contributed by atoms with E-state index in [1.165, 1.54) is 10.9 Å². The molecule has 0 spiro atoms. The largest absolute Gasteiger partial charge is 0.493 e. The Morgan fingerprint density at radius 1 is 1.06 bits per heavy atom. The number of imide groups is 1. The van der Waals surface area contributed by atoms with Crippen LogP contribution < -0.4 is 14.8 Å². The smallest absolute Gasteiger partial charge is 0.286 e. The molecule has 0 saturated carbocycles. The number of ether oxygens (including phenoxy) is 2. The molecular formula is C29H35NO5S. The second kappa shape index (κ2) is 11.0. The average molecular weight is 510 g/mol. The summed E-state index contributed by atoms with van der Waals surface area (Å²) in [7, 11) is 0. The number of thioether (sulfide) groups is 1. The predicted molar refractivity (Wildman–Crippen MR) is 144 cm³/mol. The van der Waals surface area contributed by atoms with Gasteiger partial charge in [0.15, 0.2) is 0 Å². The fourth-order valence-electron chi connectivity index (χ4n) is 4.52. The average Bonchev–Trinajstić information content (AvgIpc) is 3.36. The summed E-state index contributed by atoms with van der Waals surface area (Å²) in [6, 6.07) is 9.80. The number of hydrogen-bond acceptors (Lipinski definition) is 6. The number of nitrogens with one attached hydrogen (secondary N) is 1. The predicted octanol–water partition coefficient (Wildman–Crippen LogP) is 7.15. The standard InChI is InChI=1S/C29H35NO5S/c1-6-8-22-24(12-10-21-20(16-29(3,4)5)17-35-25(21)22)34-14-7-13-33-23-11-9-19(15-18(23)2)26-27(31)30-28(32)36-26/h9-12,15,17,26H,6-8,13-14,16H2,1-5H3,(H,30,31,32). The Kier molecular flexibility index (Phi) is 7.98. The SMILES string of the molecule is CCCc1c(OCCCOc2ccc(C3SC(=O)NC3=O)cc2C)ccc2c(CC(C)(C)C)coc12. The van der Waals surface area contributed by atoms with Crippen LogP contribution in [0.4, 0.5) is 4.79 Å². The molecule has 1 aromatic heterocycles. The number of aryl methyl sites for hydroxylation is 2. The van der Waals surface area contributed by atoms with Crippen LogP contribution in [0.5, 0.6) is 11.5 Å². The zero-order chi connectivity index (χ0) is 25.9. The van der Waals surface area contributed by atoms with Crippen molar-refractivity contribution in [1.82, 2.24) is 5.32 Å². The van der Waals surface area contributed by atoms with Gasteiger partial charge in [-0.1, -0.05) is 46.2 Å². The summed E-state index contributed by atoms with van der Waals surface area (Å²) in [6.45, 7) is 11.9. The van der Waals surface area contributed by atoms with E-state index in [4.69, 9.17) is 13.9 Å². The van der Waals surface area contributed by atoms with Crippen LogP contribution in [0.25, 0.3) is 11.0 Å². The van der Waals surface area contributed by atoms with Gasteiger partial charge in [-0.2, -0.15) is 0 Å². The zero-order valence-corrected chi connectivity index (χ0v) is 22.6. The number of benzene rings is 2. The Balaban J connectivity index is 1.34. The molecule has 2 aromatic carbocycles. The summed E-state index contributed by atoms with van der Waals surface area (Å²) >= 11 is 1.01. The molecule has 1 aliphatic heterocycles. The molecule has 4 rings (SSSR count). The van der Waals surface area contributed by atoms with Gasteiger partial charge in [0.25, 0.3) is 5.24 Å². The van der Waals surface area contributed by atoms with E-state index in [-0.39, 0.29) is 16.6 Å². The quantitative estimate of drug-likeness (QED) is 0.292. The van der Waals surface area contributed by atoms with Crippen molar-refractivity contribution in [3.63, 3.8) is 0 Å². The van der Waals surface area contributed by atoms with Gasteiger partial charge >= 0.3 is 0 Å². The topological polar surface area (TPSA) is 77.8 Å². The third-order valence-corrected chi connectivity index (χ3v) is 7.14. The van der Waals surface area contributed by atoms with E-state index in [1.807, 2.05) is 31.4 Å². The molecule has 0 bridgehead atoms. The third-order valence-electron chi connectivity index (χ3n) is 6.10. The van der Waals surface area contributed by atoms with Crippen LogP contribution in [0.3, 0.4) is 0 Å². The van der Waals surface area contributed by atoms with Crippen molar-refractivity contribution in [2.45, 2.75) is 65.6 Å². The molecule has 1 atom stereocenters. The lowest BCUT2D eigenvalue weighted by Gasteiger charge is -2.17. The number of carbonyl (C=O) groups is 2. The molecule has 36 heavy (non-hydrogen) atoms. The summed E-state index contributed by atoms with van der Waals surface area (Å²) < 4.78 is 18.2. The minimum atomic E-state index is -0.494. The van der Waals surface area contributed by atoms with Crippen molar-refractivity contribution in [3.8, 4) is 11.5 Å². The van der Waals surface area contributed by atoms with Crippen LogP contribution >= 0.6 is 11.8 Å². The zero-order valence-electron chi connectivity index (χ0n) is 21.7. The highest BCUT2D eigenvalue weighted by molar-refractivity contribution is 8.15. The summed E-state index contributed by atoms with van der Waals surface area (Å²) in [5.74, 6) is 1.38. The first kappa shape index (κ1) is 26.1. The Labute approximate surface area is 217 Å².